The number of primary amides is 1. The van der Waals surface area contributed by atoms with Crippen LogP contribution < -0.4 is 5.73 Å². The quantitative estimate of drug-likeness (QED) is 0.880. The summed E-state index contributed by atoms with van der Waals surface area (Å²) < 4.78 is 14.5. The van der Waals surface area contributed by atoms with E-state index in [4.69, 9.17) is 5.73 Å². The summed E-state index contributed by atoms with van der Waals surface area (Å²) in [5.41, 5.74) is 8.10. The van der Waals surface area contributed by atoms with Gasteiger partial charge < -0.3 is 10.7 Å². The van der Waals surface area contributed by atoms with Crippen LogP contribution in [-0.2, 0) is 11.2 Å². The lowest BCUT2D eigenvalue weighted by Gasteiger charge is -2.05. The summed E-state index contributed by atoms with van der Waals surface area (Å²) >= 11 is 3.34. The van der Waals surface area contributed by atoms with Crippen molar-refractivity contribution in [2.24, 2.45) is 5.73 Å². The smallest absolute Gasteiger partial charge is 0.222 e. The fourth-order valence-corrected chi connectivity index (χ4v) is 2.68. The number of hydrogen-bond acceptors (Lipinski definition) is 1. The maximum absolute atomic E-state index is 13.8. The highest BCUT2D eigenvalue weighted by Gasteiger charge is 2.17. The van der Waals surface area contributed by atoms with E-state index in [-0.39, 0.29) is 6.42 Å². The summed E-state index contributed by atoms with van der Waals surface area (Å²) in [4.78, 5) is 14.1. The van der Waals surface area contributed by atoms with Crippen molar-refractivity contribution < 1.29 is 9.18 Å². The van der Waals surface area contributed by atoms with E-state index in [1.165, 1.54) is 6.07 Å². The number of amides is 1. The average molecular weight is 299 g/mol. The molecule has 90 valence electrons. The number of aryl methyl sites for hydroxylation is 2. The van der Waals surface area contributed by atoms with Gasteiger partial charge in [-0.05, 0) is 41.4 Å². The Kier molecular flexibility index (Phi) is 2.95. The Morgan fingerprint density at radius 3 is 2.76 bits per heavy atom. The van der Waals surface area contributed by atoms with Crippen molar-refractivity contribution in [1.29, 1.82) is 0 Å². The summed E-state index contributed by atoms with van der Waals surface area (Å²) in [6.07, 6.45) is -0.102. The molecule has 5 heteroatoms. The molecule has 0 saturated heterocycles. The summed E-state index contributed by atoms with van der Waals surface area (Å²) in [7, 11) is 0. The van der Waals surface area contributed by atoms with Gasteiger partial charge in [-0.15, -0.1) is 0 Å². The van der Waals surface area contributed by atoms with Gasteiger partial charge in [0.05, 0.1) is 11.9 Å². The molecule has 1 aromatic heterocycles. The number of halogens is 2. The summed E-state index contributed by atoms with van der Waals surface area (Å²) in [6, 6.07) is 1.38. The van der Waals surface area contributed by atoms with Crippen LogP contribution in [0.1, 0.15) is 16.8 Å². The third-order valence-corrected chi connectivity index (χ3v) is 3.56. The molecule has 0 radical (unpaired) electrons. The van der Waals surface area contributed by atoms with Gasteiger partial charge in [0.15, 0.2) is 0 Å². The van der Waals surface area contributed by atoms with Crippen LogP contribution >= 0.6 is 15.9 Å². The Labute approximate surface area is 106 Å². The van der Waals surface area contributed by atoms with Crippen LogP contribution in [0.4, 0.5) is 4.39 Å². The maximum atomic E-state index is 13.8. The number of rotatable bonds is 2. The Morgan fingerprint density at radius 1 is 1.53 bits per heavy atom. The number of fused-ring (bicyclic) bond motifs is 1. The van der Waals surface area contributed by atoms with Gasteiger partial charge in [0.2, 0.25) is 5.91 Å². The molecule has 1 heterocycles. The normalized spacial score (nSPS) is 11.1. The van der Waals surface area contributed by atoms with Crippen LogP contribution in [0, 0.1) is 19.7 Å². The first-order chi connectivity index (χ1) is 7.91. The topological polar surface area (TPSA) is 58.9 Å². The van der Waals surface area contributed by atoms with Gasteiger partial charge in [0, 0.05) is 21.1 Å². The third kappa shape index (κ3) is 1.95. The molecule has 3 N–H and O–H groups in total. The summed E-state index contributed by atoms with van der Waals surface area (Å²) in [5.74, 6) is -0.971. The second-order valence-electron chi connectivity index (χ2n) is 4.09. The molecule has 0 aliphatic carbocycles. The monoisotopic (exact) mass is 298 g/mol. The minimum absolute atomic E-state index is 0.102. The van der Waals surface area contributed by atoms with Crippen LogP contribution in [0.15, 0.2) is 10.5 Å². The Hall–Kier alpha value is -1.36. The van der Waals surface area contributed by atoms with Crippen LogP contribution in [0.25, 0.3) is 10.9 Å². The molecule has 0 aliphatic heterocycles. The van der Waals surface area contributed by atoms with E-state index in [2.05, 4.69) is 20.9 Å². The minimum atomic E-state index is -0.544. The van der Waals surface area contributed by atoms with Crippen molar-refractivity contribution >= 4 is 32.7 Å². The number of carbonyl (C=O) groups excluding carboxylic acids is 1. The van der Waals surface area contributed by atoms with Crippen LogP contribution in [0.3, 0.4) is 0 Å². The molecule has 0 saturated carbocycles. The molecule has 0 spiro atoms. The van der Waals surface area contributed by atoms with Crippen molar-refractivity contribution in [2.45, 2.75) is 20.3 Å². The zero-order chi connectivity index (χ0) is 12.7. The minimum Gasteiger partial charge on any atom is -0.369 e. The number of nitrogens with two attached hydrogens (primary N) is 1. The van der Waals surface area contributed by atoms with E-state index in [1.54, 1.807) is 0 Å². The predicted molar refractivity (Wildman–Crippen MR) is 68.3 cm³/mol. The SMILES string of the molecule is Cc1[nH]c2c(CC(N)=O)c(F)cc(Br)c2c1C. The van der Waals surface area contributed by atoms with Crippen molar-refractivity contribution in [2.75, 3.05) is 0 Å². The van der Waals surface area contributed by atoms with E-state index in [9.17, 15) is 9.18 Å². The Morgan fingerprint density at radius 2 is 2.18 bits per heavy atom. The molecular weight excluding hydrogens is 287 g/mol. The van der Waals surface area contributed by atoms with Crippen molar-refractivity contribution in [3.8, 4) is 0 Å². The molecule has 0 unspecified atom stereocenters. The number of hydrogen-bond donors (Lipinski definition) is 2. The van der Waals surface area contributed by atoms with Crippen molar-refractivity contribution in [3.05, 3.63) is 33.2 Å². The first-order valence-corrected chi connectivity index (χ1v) is 5.95. The van der Waals surface area contributed by atoms with Gasteiger partial charge in [-0.25, -0.2) is 4.39 Å². The predicted octanol–water partition coefficient (Wildman–Crippen LogP) is 2.71. The molecule has 0 aliphatic rings. The average Bonchev–Trinajstić information content (AvgIpc) is 2.50. The zero-order valence-corrected chi connectivity index (χ0v) is 11.1. The third-order valence-electron chi connectivity index (χ3n) is 2.93. The van der Waals surface area contributed by atoms with Gasteiger partial charge in [-0.3, -0.25) is 4.79 Å². The first kappa shape index (κ1) is 12.1. The highest BCUT2D eigenvalue weighted by molar-refractivity contribution is 9.10. The molecule has 2 aromatic rings. The lowest BCUT2D eigenvalue weighted by atomic mass is 10.1. The molecule has 17 heavy (non-hydrogen) atoms. The number of benzene rings is 1. The molecule has 0 bridgehead atoms. The number of aromatic amines is 1. The van der Waals surface area contributed by atoms with Gasteiger partial charge in [0.25, 0.3) is 0 Å². The molecule has 1 aromatic carbocycles. The van der Waals surface area contributed by atoms with E-state index in [0.717, 1.165) is 16.6 Å². The highest BCUT2D eigenvalue weighted by atomic mass is 79.9. The Balaban J connectivity index is 2.83. The second-order valence-corrected chi connectivity index (χ2v) is 4.94. The molecule has 0 fully saturated rings. The number of H-pyrrole nitrogens is 1. The van der Waals surface area contributed by atoms with Gasteiger partial charge in [0.1, 0.15) is 5.82 Å². The molecular formula is C12H12BrFN2O. The van der Waals surface area contributed by atoms with E-state index < -0.39 is 11.7 Å². The molecule has 1 amide bonds. The Bertz CT molecular complexity index is 619. The van der Waals surface area contributed by atoms with E-state index >= 15 is 0 Å². The van der Waals surface area contributed by atoms with E-state index in [1.807, 2.05) is 13.8 Å². The van der Waals surface area contributed by atoms with Gasteiger partial charge >= 0.3 is 0 Å². The fraction of sp³-hybridized carbons (Fsp3) is 0.250. The largest absolute Gasteiger partial charge is 0.369 e. The van der Waals surface area contributed by atoms with Crippen LogP contribution in [-0.4, -0.2) is 10.9 Å². The van der Waals surface area contributed by atoms with Gasteiger partial charge in [-0.1, -0.05) is 0 Å². The lowest BCUT2D eigenvalue weighted by Crippen LogP contribution is -2.15. The lowest BCUT2D eigenvalue weighted by molar-refractivity contribution is -0.117. The van der Waals surface area contributed by atoms with Crippen LogP contribution in [0.5, 0.6) is 0 Å². The van der Waals surface area contributed by atoms with Crippen LogP contribution in [0.2, 0.25) is 0 Å². The number of carbonyl (C=O) groups is 1. The number of nitrogens with one attached hydrogen (secondary N) is 1. The standard InChI is InChI=1S/C12H12BrFN2O/c1-5-6(2)16-12-7(3-10(15)17)9(14)4-8(13)11(5)12/h4,16H,3H2,1-2H3,(H2,15,17). The fourth-order valence-electron chi connectivity index (χ4n) is 1.98. The van der Waals surface area contributed by atoms with Gasteiger partial charge in [-0.2, -0.15) is 0 Å². The van der Waals surface area contributed by atoms with Crippen molar-refractivity contribution in [3.63, 3.8) is 0 Å². The van der Waals surface area contributed by atoms with E-state index in [0.29, 0.717) is 15.6 Å². The highest BCUT2D eigenvalue weighted by Crippen LogP contribution is 2.33. The molecule has 2 rings (SSSR count). The molecule has 3 nitrogen and oxygen atoms in total. The second kappa shape index (κ2) is 4.14. The maximum Gasteiger partial charge on any atom is 0.222 e. The first-order valence-electron chi connectivity index (χ1n) is 5.16. The molecule has 0 atom stereocenters. The summed E-state index contributed by atoms with van der Waals surface area (Å²) in [6.45, 7) is 3.86. The zero-order valence-electron chi connectivity index (χ0n) is 9.53. The van der Waals surface area contributed by atoms with Crippen molar-refractivity contribution in [1.82, 2.24) is 4.98 Å². The number of aromatic nitrogens is 1. The summed E-state index contributed by atoms with van der Waals surface area (Å²) in [5, 5.41) is 0.903.